The van der Waals surface area contributed by atoms with Gasteiger partial charge in [0.05, 0.1) is 36.6 Å². The van der Waals surface area contributed by atoms with Crippen LogP contribution < -0.4 is 9.47 Å². The molecule has 0 bridgehead atoms. The van der Waals surface area contributed by atoms with Crippen LogP contribution >= 0.6 is 11.8 Å². The number of carbonyl (C=O) groups excluding carboxylic acids is 1. The zero-order valence-electron chi connectivity index (χ0n) is 16.1. The molecular weight excluding hydrogens is 388 g/mol. The summed E-state index contributed by atoms with van der Waals surface area (Å²) in [6.07, 6.45) is 0.104. The third-order valence-corrected chi connectivity index (χ3v) is 6.56. The van der Waals surface area contributed by atoms with Crippen molar-refractivity contribution in [2.75, 3.05) is 20.0 Å². The summed E-state index contributed by atoms with van der Waals surface area (Å²) in [6.45, 7) is 0. The first-order chi connectivity index (χ1) is 14.0. The van der Waals surface area contributed by atoms with Crippen LogP contribution in [0.2, 0.25) is 0 Å². The number of nitriles is 1. The molecule has 1 amide bonds. The fraction of sp³-hybridized carbons (Fsp3) is 0.273. The molecule has 1 fully saturated rings. The minimum absolute atomic E-state index is 0.104. The number of rotatable bonds is 4. The number of hydrogen-bond donors (Lipinski definition) is 1. The van der Waals surface area contributed by atoms with Crippen molar-refractivity contribution < 1.29 is 19.4 Å². The fourth-order valence-corrected chi connectivity index (χ4v) is 5.21. The summed E-state index contributed by atoms with van der Waals surface area (Å²) in [4.78, 5) is 14.5. The zero-order valence-corrected chi connectivity index (χ0v) is 16.9. The van der Waals surface area contributed by atoms with Crippen molar-refractivity contribution in [1.82, 2.24) is 4.90 Å². The van der Waals surface area contributed by atoms with Crippen LogP contribution in [0.1, 0.15) is 23.5 Å². The molecule has 0 unspecified atom stereocenters. The van der Waals surface area contributed by atoms with Crippen molar-refractivity contribution >= 4 is 17.7 Å². The summed E-state index contributed by atoms with van der Waals surface area (Å²) < 4.78 is 10.6. The van der Waals surface area contributed by atoms with Gasteiger partial charge < -0.3 is 14.6 Å². The van der Waals surface area contributed by atoms with Crippen molar-refractivity contribution in [3.05, 3.63) is 70.3 Å². The van der Waals surface area contributed by atoms with Gasteiger partial charge in [0.15, 0.2) is 5.72 Å². The van der Waals surface area contributed by atoms with E-state index in [-0.39, 0.29) is 24.0 Å². The molecule has 0 radical (unpaired) electrons. The Kier molecular flexibility index (Phi) is 4.99. The van der Waals surface area contributed by atoms with E-state index in [0.29, 0.717) is 27.7 Å². The number of benzene rings is 2. The second-order valence-corrected chi connectivity index (χ2v) is 7.89. The first-order valence-corrected chi connectivity index (χ1v) is 10.1. The number of nitrogens with zero attached hydrogens (tertiary/aromatic N) is 2. The molecule has 2 aliphatic heterocycles. The van der Waals surface area contributed by atoms with Gasteiger partial charge in [-0.3, -0.25) is 9.69 Å². The largest absolute Gasteiger partial charge is 0.497 e. The lowest BCUT2D eigenvalue weighted by molar-refractivity contribution is -0.149. The predicted octanol–water partition coefficient (Wildman–Crippen LogP) is 3.35. The van der Waals surface area contributed by atoms with Crippen molar-refractivity contribution in [3.8, 4) is 17.6 Å². The highest BCUT2D eigenvalue weighted by molar-refractivity contribution is 8.03. The third-order valence-electron chi connectivity index (χ3n) is 5.34. The van der Waals surface area contributed by atoms with E-state index >= 15 is 0 Å². The normalized spacial score (nSPS) is 23.6. The minimum atomic E-state index is -1.52. The molecule has 1 saturated heterocycles. The number of fused-ring (bicyclic) bond motifs is 1. The molecule has 4 rings (SSSR count). The summed E-state index contributed by atoms with van der Waals surface area (Å²) >= 11 is 1.33. The summed E-state index contributed by atoms with van der Waals surface area (Å²) in [5, 5.41) is 21.9. The molecular formula is C22H20N2O4S. The molecule has 0 spiro atoms. The molecule has 148 valence electrons. The first kappa shape index (κ1) is 19.4. The lowest BCUT2D eigenvalue weighted by Gasteiger charge is -2.38. The number of thioether (sulfide) groups is 1. The summed E-state index contributed by atoms with van der Waals surface area (Å²) in [5.74, 6) is 0.928. The van der Waals surface area contributed by atoms with Crippen molar-refractivity contribution in [3.63, 3.8) is 0 Å². The molecule has 2 aromatic rings. The van der Waals surface area contributed by atoms with Crippen LogP contribution in [0.4, 0.5) is 0 Å². The molecule has 0 saturated carbocycles. The van der Waals surface area contributed by atoms with E-state index in [9.17, 15) is 15.2 Å². The van der Waals surface area contributed by atoms with Crippen LogP contribution in [-0.4, -0.2) is 35.9 Å². The minimum Gasteiger partial charge on any atom is -0.497 e. The lowest BCUT2D eigenvalue weighted by Crippen LogP contribution is -2.48. The van der Waals surface area contributed by atoms with Crippen LogP contribution in [0.3, 0.4) is 0 Å². The molecule has 2 aromatic carbocycles. The smallest absolute Gasteiger partial charge is 0.231 e. The number of allylic oxidation sites excluding steroid dienone is 1. The van der Waals surface area contributed by atoms with E-state index in [1.807, 2.05) is 24.3 Å². The van der Waals surface area contributed by atoms with Crippen molar-refractivity contribution in [2.24, 2.45) is 0 Å². The molecule has 7 heteroatoms. The quantitative estimate of drug-likeness (QED) is 0.835. The maximum Gasteiger partial charge on any atom is 0.231 e. The fourth-order valence-electron chi connectivity index (χ4n) is 3.85. The molecule has 0 aromatic heterocycles. The Morgan fingerprint density at radius 3 is 2.55 bits per heavy atom. The summed E-state index contributed by atoms with van der Waals surface area (Å²) in [6, 6.07) is 16.7. The van der Waals surface area contributed by atoms with E-state index in [0.717, 1.165) is 5.56 Å². The van der Waals surface area contributed by atoms with Gasteiger partial charge >= 0.3 is 0 Å². The van der Waals surface area contributed by atoms with Crippen LogP contribution in [-0.2, 0) is 10.5 Å². The van der Waals surface area contributed by atoms with Gasteiger partial charge in [-0.15, -0.1) is 11.8 Å². The number of aliphatic hydroxyl groups is 1. The van der Waals surface area contributed by atoms with Crippen LogP contribution in [0.25, 0.3) is 0 Å². The Hall–Kier alpha value is -2.95. The van der Waals surface area contributed by atoms with Crippen LogP contribution in [0, 0.1) is 11.3 Å². The molecule has 29 heavy (non-hydrogen) atoms. The molecule has 0 aliphatic carbocycles. The van der Waals surface area contributed by atoms with Gasteiger partial charge in [-0.2, -0.15) is 5.26 Å². The van der Waals surface area contributed by atoms with Gasteiger partial charge in [0.1, 0.15) is 11.5 Å². The Morgan fingerprint density at radius 2 is 1.86 bits per heavy atom. The van der Waals surface area contributed by atoms with E-state index in [4.69, 9.17) is 9.47 Å². The molecule has 6 nitrogen and oxygen atoms in total. The Morgan fingerprint density at radius 1 is 1.17 bits per heavy atom. The summed E-state index contributed by atoms with van der Waals surface area (Å²) in [7, 11) is 3.13. The standard InChI is InChI=1S/C22H20N2O4S/c1-27-16-7-3-5-14(9-16)18-11-20(25)24-21(19(18)12-23)29-13-22(24,26)15-6-4-8-17(10-15)28-2/h3-10,18,26H,11,13H2,1-2H3/t18-,22+/m1/s1. The number of methoxy groups -OCH3 is 2. The van der Waals surface area contributed by atoms with Crippen molar-refractivity contribution in [2.45, 2.75) is 18.1 Å². The number of hydrogen-bond acceptors (Lipinski definition) is 6. The topological polar surface area (TPSA) is 82.8 Å². The Bertz CT molecular complexity index is 1050. The average molecular weight is 408 g/mol. The zero-order chi connectivity index (χ0) is 20.6. The number of amides is 1. The van der Waals surface area contributed by atoms with E-state index < -0.39 is 5.72 Å². The second kappa shape index (κ2) is 7.47. The molecule has 1 N–H and O–H groups in total. The number of ether oxygens (including phenoxy) is 2. The SMILES string of the molecule is COc1cccc([C@H]2CC(=O)N3C(=C2C#N)SC[C@]3(O)c2cccc(OC)c2)c1. The second-order valence-electron chi connectivity index (χ2n) is 6.93. The van der Waals surface area contributed by atoms with E-state index in [2.05, 4.69) is 6.07 Å². The molecule has 2 atom stereocenters. The van der Waals surface area contributed by atoms with Gasteiger partial charge in [-0.25, -0.2) is 0 Å². The molecule has 2 heterocycles. The monoisotopic (exact) mass is 408 g/mol. The lowest BCUT2D eigenvalue weighted by atomic mass is 9.85. The van der Waals surface area contributed by atoms with Gasteiger partial charge in [-0.1, -0.05) is 24.3 Å². The van der Waals surface area contributed by atoms with Gasteiger partial charge in [0.2, 0.25) is 5.91 Å². The van der Waals surface area contributed by atoms with Crippen LogP contribution in [0.5, 0.6) is 11.5 Å². The van der Waals surface area contributed by atoms with Crippen LogP contribution in [0.15, 0.2) is 59.1 Å². The predicted molar refractivity (Wildman–Crippen MR) is 109 cm³/mol. The molecule has 2 aliphatic rings. The number of carbonyl (C=O) groups is 1. The third kappa shape index (κ3) is 3.15. The van der Waals surface area contributed by atoms with E-state index in [1.165, 1.54) is 16.7 Å². The first-order valence-electron chi connectivity index (χ1n) is 9.13. The summed E-state index contributed by atoms with van der Waals surface area (Å²) in [5.41, 5.74) is 0.373. The maximum atomic E-state index is 13.2. The highest BCUT2D eigenvalue weighted by Crippen LogP contribution is 2.52. The highest BCUT2D eigenvalue weighted by Gasteiger charge is 2.52. The van der Waals surface area contributed by atoms with Gasteiger partial charge in [0.25, 0.3) is 0 Å². The Balaban J connectivity index is 1.79. The highest BCUT2D eigenvalue weighted by atomic mass is 32.2. The average Bonchev–Trinajstić information content (AvgIpc) is 3.13. The van der Waals surface area contributed by atoms with Gasteiger partial charge in [-0.05, 0) is 29.8 Å². The van der Waals surface area contributed by atoms with E-state index in [1.54, 1.807) is 38.5 Å². The Labute approximate surface area is 173 Å². The van der Waals surface area contributed by atoms with Crippen molar-refractivity contribution in [1.29, 1.82) is 5.26 Å². The van der Waals surface area contributed by atoms with Gasteiger partial charge in [0, 0.05) is 17.9 Å². The maximum absolute atomic E-state index is 13.2.